The van der Waals surface area contributed by atoms with Crippen LogP contribution in [0.15, 0.2) is 57.9 Å². The lowest BCUT2D eigenvalue weighted by Gasteiger charge is -2.30. The van der Waals surface area contributed by atoms with E-state index < -0.39 is 28.2 Å². The molecule has 222 valence electrons. The molecule has 0 radical (unpaired) electrons. The molecule has 0 unspecified atom stereocenters. The smallest absolute Gasteiger partial charge is 0.407 e. The van der Waals surface area contributed by atoms with Gasteiger partial charge in [-0.3, -0.25) is 4.79 Å². The fourth-order valence-electron chi connectivity index (χ4n) is 4.40. The predicted molar refractivity (Wildman–Crippen MR) is 159 cm³/mol. The Balaban J connectivity index is 2.07. The van der Waals surface area contributed by atoms with Crippen LogP contribution in [0.3, 0.4) is 0 Å². The average molecular weight is 642 g/mol. The van der Waals surface area contributed by atoms with Gasteiger partial charge in [0.2, 0.25) is 15.9 Å². The number of ether oxygens (including phenoxy) is 1. The standard InChI is InChI=1S/C28H41BrN4O6S/c1-4-17-33(40(37,38)24-15-13-21(30)14-16-24)23(19-34)11-8-10-22(5-2)31-27(35)26(32-28(36)39-3)18-20-9-6-7-12-25(20)29/h6-7,9,12-16,22-23,26,34H,4-5,8,10-11,17-19,30H2,1-3H3,(H,31,35)(H,32,36)/t22-,23-,26-/m0/s1. The summed E-state index contributed by atoms with van der Waals surface area (Å²) in [6.45, 7) is 3.77. The zero-order valence-corrected chi connectivity index (χ0v) is 25.7. The molecule has 40 heavy (non-hydrogen) atoms. The molecule has 0 aliphatic rings. The number of nitrogens with zero attached hydrogens (tertiary/aromatic N) is 1. The van der Waals surface area contributed by atoms with E-state index in [1.54, 1.807) is 0 Å². The van der Waals surface area contributed by atoms with Crippen LogP contribution in [-0.2, 0) is 26.0 Å². The number of aliphatic hydroxyl groups is 1. The monoisotopic (exact) mass is 640 g/mol. The van der Waals surface area contributed by atoms with Crippen LogP contribution < -0.4 is 16.4 Å². The number of hydrogen-bond donors (Lipinski definition) is 4. The Kier molecular flexibility index (Phi) is 13.9. The number of aliphatic hydroxyl groups excluding tert-OH is 1. The van der Waals surface area contributed by atoms with Gasteiger partial charge in [0, 0.05) is 35.2 Å². The number of alkyl carbamates (subject to hydrolysis) is 1. The lowest BCUT2D eigenvalue weighted by atomic mass is 10.0. The number of amides is 2. The molecule has 12 heteroatoms. The molecule has 0 saturated heterocycles. The molecule has 0 bridgehead atoms. The van der Waals surface area contributed by atoms with Crippen LogP contribution in [0.2, 0.25) is 0 Å². The Labute approximate surface area is 245 Å². The summed E-state index contributed by atoms with van der Waals surface area (Å²) in [4.78, 5) is 25.3. The molecule has 10 nitrogen and oxygen atoms in total. The van der Waals surface area contributed by atoms with Gasteiger partial charge >= 0.3 is 6.09 Å². The van der Waals surface area contributed by atoms with Gasteiger partial charge in [-0.1, -0.05) is 48.0 Å². The van der Waals surface area contributed by atoms with E-state index in [-0.39, 0.29) is 36.4 Å². The fourth-order valence-corrected chi connectivity index (χ4v) is 6.58. The highest BCUT2D eigenvalue weighted by Crippen LogP contribution is 2.23. The number of anilines is 1. The second-order valence-electron chi connectivity index (χ2n) is 9.55. The quantitative estimate of drug-likeness (QED) is 0.204. The first-order valence-electron chi connectivity index (χ1n) is 13.4. The maximum absolute atomic E-state index is 13.4. The molecule has 0 aromatic heterocycles. The highest BCUT2D eigenvalue weighted by atomic mass is 79.9. The van der Waals surface area contributed by atoms with Gasteiger partial charge in [-0.25, -0.2) is 13.2 Å². The van der Waals surface area contributed by atoms with E-state index in [1.807, 2.05) is 38.1 Å². The Morgan fingerprint density at radius 2 is 1.75 bits per heavy atom. The molecule has 5 N–H and O–H groups in total. The van der Waals surface area contributed by atoms with E-state index in [2.05, 4.69) is 26.6 Å². The minimum atomic E-state index is -3.83. The van der Waals surface area contributed by atoms with E-state index in [1.165, 1.54) is 35.7 Å². The van der Waals surface area contributed by atoms with E-state index >= 15 is 0 Å². The van der Waals surface area contributed by atoms with Crippen LogP contribution in [0, 0.1) is 0 Å². The summed E-state index contributed by atoms with van der Waals surface area (Å²) in [5.41, 5.74) is 7.04. The maximum Gasteiger partial charge on any atom is 0.407 e. The van der Waals surface area contributed by atoms with E-state index in [9.17, 15) is 23.1 Å². The Bertz CT molecular complexity index is 1200. The zero-order valence-electron chi connectivity index (χ0n) is 23.3. The van der Waals surface area contributed by atoms with E-state index in [0.717, 1.165) is 10.0 Å². The lowest BCUT2D eigenvalue weighted by molar-refractivity contribution is -0.123. The van der Waals surface area contributed by atoms with Crippen molar-refractivity contribution in [3.63, 3.8) is 0 Å². The summed E-state index contributed by atoms with van der Waals surface area (Å²) < 4.78 is 33.6. The molecule has 2 aromatic rings. The Morgan fingerprint density at radius 1 is 1.07 bits per heavy atom. The molecule has 2 aromatic carbocycles. The number of methoxy groups -OCH3 is 1. The van der Waals surface area contributed by atoms with Crippen molar-refractivity contribution < 1.29 is 27.9 Å². The number of sulfonamides is 1. The van der Waals surface area contributed by atoms with Gasteiger partial charge in [0.25, 0.3) is 0 Å². The van der Waals surface area contributed by atoms with Crippen molar-refractivity contribution in [1.29, 1.82) is 0 Å². The molecule has 0 aliphatic heterocycles. The van der Waals surface area contributed by atoms with Crippen LogP contribution in [-0.4, -0.2) is 68.2 Å². The molecule has 0 fully saturated rings. The van der Waals surface area contributed by atoms with Crippen molar-refractivity contribution in [1.82, 2.24) is 14.9 Å². The van der Waals surface area contributed by atoms with Crippen molar-refractivity contribution in [3.8, 4) is 0 Å². The molecule has 0 heterocycles. The second-order valence-corrected chi connectivity index (χ2v) is 12.3. The normalized spacial score (nSPS) is 13.8. The summed E-state index contributed by atoms with van der Waals surface area (Å²) >= 11 is 3.48. The number of halogens is 1. The molecular weight excluding hydrogens is 600 g/mol. The summed E-state index contributed by atoms with van der Waals surface area (Å²) in [6.07, 6.45) is 2.34. The minimum absolute atomic E-state index is 0.126. The van der Waals surface area contributed by atoms with Gasteiger partial charge in [0.1, 0.15) is 6.04 Å². The third-order valence-corrected chi connectivity index (χ3v) is 9.39. The van der Waals surface area contributed by atoms with Gasteiger partial charge in [-0.05, 0) is 68.0 Å². The molecule has 2 amide bonds. The number of carbonyl (C=O) groups is 2. The largest absolute Gasteiger partial charge is 0.453 e. The molecule has 0 aliphatic carbocycles. The number of carbonyl (C=O) groups excluding carboxylic acids is 2. The first-order chi connectivity index (χ1) is 19.1. The predicted octanol–water partition coefficient (Wildman–Crippen LogP) is 3.83. The lowest BCUT2D eigenvalue weighted by Crippen LogP contribution is -2.50. The van der Waals surface area contributed by atoms with Crippen molar-refractivity contribution in [3.05, 3.63) is 58.6 Å². The fraction of sp³-hybridized carbons (Fsp3) is 0.500. The third-order valence-electron chi connectivity index (χ3n) is 6.65. The molecule has 2 rings (SSSR count). The van der Waals surface area contributed by atoms with Crippen molar-refractivity contribution >= 4 is 43.6 Å². The third kappa shape index (κ3) is 9.76. The van der Waals surface area contributed by atoms with Crippen LogP contribution in [0.25, 0.3) is 0 Å². The van der Waals surface area contributed by atoms with Crippen LogP contribution in [0.4, 0.5) is 10.5 Å². The average Bonchev–Trinajstić information content (AvgIpc) is 2.94. The second kappa shape index (κ2) is 16.6. The molecular formula is C28H41BrN4O6S. The van der Waals surface area contributed by atoms with Crippen molar-refractivity contribution in [2.24, 2.45) is 0 Å². The highest BCUT2D eigenvalue weighted by Gasteiger charge is 2.31. The summed E-state index contributed by atoms with van der Waals surface area (Å²) in [7, 11) is -2.59. The van der Waals surface area contributed by atoms with Crippen LogP contribution in [0.1, 0.15) is 51.5 Å². The van der Waals surface area contributed by atoms with Gasteiger partial charge in [-0.2, -0.15) is 4.31 Å². The zero-order chi connectivity index (χ0) is 29.7. The van der Waals surface area contributed by atoms with Crippen molar-refractivity contribution in [2.75, 3.05) is 26.0 Å². The van der Waals surface area contributed by atoms with Gasteiger partial charge < -0.3 is 26.2 Å². The first-order valence-corrected chi connectivity index (χ1v) is 15.7. The van der Waals surface area contributed by atoms with Gasteiger partial charge in [0.05, 0.1) is 18.6 Å². The molecule has 3 atom stereocenters. The summed E-state index contributed by atoms with van der Waals surface area (Å²) in [5, 5.41) is 15.8. The first kappa shape index (κ1) is 33.5. The number of nitrogen functional groups attached to an aromatic ring is 1. The van der Waals surface area contributed by atoms with Crippen LogP contribution in [0.5, 0.6) is 0 Å². The van der Waals surface area contributed by atoms with E-state index in [4.69, 9.17) is 10.5 Å². The SMILES string of the molecule is CCCN([C@H](CO)CCC[C@H](CC)NC(=O)[C@H](Cc1ccccc1Br)NC(=O)OC)S(=O)(=O)c1ccc(N)cc1. The number of benzene rings is 2. The van der Waals surface area contributed by atoms with E-state index in [0.29, 0.717) is 37.8 Å². The Hall–Kier alpha value is -2.67. The van der Waals surface area contributed by atoms with Gasteiger partial charge in [0.15, 0.2) is 0 Å². The summed E-state index contributed by atoms with van der Waals surface area (Å²) in [5.74, 6) is -0.342. The molecule has 0 saturated carbocycles. The van der Waals surface area contributed by atoms with Gasteiger partial charge in [-0.15, -0.1) is 0 Å². The topological polar surface area (TPSA) is 151 Å². The molecule has 0 spiro atoms. The highest BCUT2D eigenvalue weighted by molar-refractivity contribution is 9.10. The number of nitrogens with two attached hydrogens (primary N) is 1. The minimum Gasteiger partial charge on any atom is -0.453 e. The number of rotatable bonds is 16. The van der Waals surface area contributed by atoms with Crippen molar-refractivity contribution in [2.45, 2.75) is 75.4 Å². The summed E-state index contributed by atoms with van der Waals surface area (Å²) in [6, 6.07) is 11.8. The number of nitrogens with one attached hydrogen (secondary N) is 2. The van der Waals surface area contributed by atoms with Crippen LogP contribution >= 0.6 is 15.9 Å². The maximum atomic E-state index is 13.4. The Morgan fingerprint density at radius 3 is 2.33 bits per heavy atom. The number of hydrogen-bond acceptors (Lipinski definition) is 7.